The van der Waals surface area contributed by atoms with Crippen LogP contribution in [0.15, 0.2) is 24.3 Å². The highest BCUT2D eigenvalue weighted by Crippen LogP contribution is 2.40. The second kappa shape index (κ2) is 3.65. The SMILES string of the molecule is Cc1c(C2CCCC2)c2ccccc2n1C. The number of hydrogen-bond donors (Lipinski definition) is 0. The fourth-order valence-corrected chi connectivity index (χ4v) is 3.28. The summed E-state index contributed by atoms with van der Waals surface area (Å²) in [7, 11) is 2.19. The molecule has 0 bridgehead atoms. The van der Waals surface area contributed by atoms with Crippen LogP contribution in [0.25, 0.3) is 10.9 Å². The van der Waals surface area contributed by atoms with E-state index in [1.807, 2.05) is 0 Å². The van der Waals surface area contributed by atoms with Gasteiger partial charge in [-0.2, -0.15) is 0 Å². The van der Waals surface area contributed by atoms with E-state index >= 15 is 0 Å². The van der Waals surface area contributed by atoms with E-state index < -0.39 is 0 Å². The lowest BCUT2D eigenvalue weighted by atomic mass is 9.95. The molecule has 1 aliphatic carbocycles. The topological polar surface area (TPSA) is 4.93 Å². The minimum atomic E-state index is 0.811. The van der Waals surface area contributed by atoms with Gasteiger partial charge in [-0.1, -0.05) is 31.0 Å². The lowest BCUT2D eigenvalue weighted by Gasteiger charge is -2.10. The molecule has 1 saturated carbocycles. The van der Waals surface area contributed by atoms with Crippen molar-refractivity contribution >= 4 is 10.9 Å². The lowest BCUT2D eigenvalue weighted by molar-refractivity contribution is 0.715. The number of benzene rings is 1. The van der Waals surface area contributed by atoms with Crippen molar-refractivity contribution in [2.24, 2.45) is 7.05 Å². The molecule has 1 heterocycles. The summed E-state index contributed by atoms with van der Waals surface area (Å²) in [6.07, 6.45) is 5.59. The molecule has 0 amide bonds. The van der Waals surface area contributed by atoms with E-state index in [-0.39, 0.29) is 0 Å². The fraction of sp³-hybridized carbons (Fsp3) is 0.467. The Morgan fingerprint density at radius 2 is 1.81 bits per heavy atom. The minimum Gasteiger partial charge on any atom is -0.348 e. The van der Waals surface area contributed by atoms with Gasteiger partial charge in [-0.05, 0) is 37.3 Å². The molecular formula is C15H19N. The summed E-state index contributed by atoms with van der Waals surface area (Å²) >= 11 is 0. The van der Waals surface area contributed by atoms with Gasteiger partial charge in [0.2, 0.25) is 0 Å². The number of fused-ring (bicyclic) bond motifs is 1. The average Bonchev–Trinajstić information content (AvgIpc) is 2.89. The molecule has 1 heteroatoms. The zero-order chi connectivity index (χ0) is 11.1. The van der Waals surface area contributed by atoms with Gasteiger partial charge < -0.3 is 4.57 Å². The average molecular weight is 213 g/mol. The molecule has 1 aromatic heterocycles. The molecule has 0 unspecified atom stereocenters. The Balaban J connectivity index is 2.26. The molecular weight excluding hydrogens is 194 g/mol. The molecule has 3 rings (SSSR count). The molecule has 0 N–H and O–H groups in total. The van der Waals surface area contributed by atoms with Crippen LogP contribution in [0.1, 0.15) is 42.9 Å². The highest BCUT2D eigenvalue weighted by Gasteiger charge is 2.23. The Hall–Kier alpha value is -1.24. The van der Waals surface area contributed by atoms with Gasteiger partial charge in [0.1, 0.15) is 0 Å². The first kappa shape index (κ1) is 9.95. The van der Waals surface area contributed by atoms with E-state index in [1.54, 1.807) is 5.56 Å². The first-order valence-electron chi connectivity index (χ1n) is 6.33. The summed E-state index contributed by atoms with van der Waals surface area (Å²) < 4.78 is 2.35. The highest BCUT2D eigenvalue weighted by atomic mass is 14.9. The molecule has 1 nitrogen and oxygen atoms in total. The Labute approximate surface area is 97.1 Å². The van der Waals surface area contributed by atoms with Crippen molar-refractivity contribution in [3.8, 4) is 0 Å². The zero-order valence-corrected chi connectivity index (χ0v) is 10.2. The van der Waals surface area contributed by atoms with Crippen molar-refractivity contribution in [3.05, 3.63) is 35.5 Å². The van der Waals surface area contributed by atoms with Crippen LogP contribution in [0, 0.1) is 6.92 Å². The summed E-state index contributed by atoms with van der Waals surface area (Å²) in [4.78, 5) is 0. The van der Waals surface area contributed by atoms with Crippen LogP contribution in [-0.4, -0.2) is 4.57 Å². The van der Waals surface area contributed by atoms with Crippen molar-refractivity contribution in [1.82, 2.24) is 4.57 Å². The molecule has 0 radical (unpaired) electrons. The van der Waals surface area contributed by atoms with Crippen LogP contribution in [0.4, 0.5) is 0 Å². The summed E-state index contributed by atoms with van der Waals surface area (Å²) in [5.41, 5.74) is 4.48. The van der Waals surface area contributed by atoms with Gasteiger partial charge in [-0.3, -0.25) is 0 Å². The molecule has 2 aromatic rings. The van der Waals surface area contributed by atoms with Crippen molar-refractivity contribution in [2.45, 2.75) is 38.5 Å². The molecule has 0 aliphatic heterocycles. The quantitative estimate of drug-likeness (QED) is 0.671. The van der Waals surface area contributed by atoms with Crippen LogP contribution in [0.5, 0.6) is 0 Å². The van der Waals surface area contributed by atoms with E-state index in [0.29, 0.717) is 0 Å². The minimum absolute atomic E-state index is 0.811. The maximum Gasteiger partial charge on any atom is 0.0482 e. The van der Waals surface area contributed by atoms with Crippen LogP contribution in [0.2, 0.25) is 0 Å². The molecule has 84 valence electrons. The van der Waals surface area contributed by atoms with E-state index in [1.165, 1.54) is 42.3 Å². The third kappa shape index (κ3) is 1.31. The standard InChI is InChI=1S/C15H19N/c1-11-15(12-7-3-4-8-12)13-9-5-6-10-14(13)16(11)2/h5-6,9-10,12H,3-4,7-8H2,1-2H3. The molecule has 1 aromatic carbocycles. The molecule has 0 spiro atoms. The molecule has 0 atom stereocenters. The predicted octanol–water partition coefficient (Wildman–Crippen LogP) is 4.14. The summed E-state index contributed by atoms with van der Waals surface area (Å²) in [5.74, 6) is 0.811. The number of para-hydroxylation sites is 1. The Kier molecular flexibility index (Phi) is 2.27. The first-order valence-corrected chi connectivity index (χ1v) is 6.33. The molecule has 0 saturated heterocycles. The number of nitrogens with zero attached hydrogens (tertiary/aromatic N) is 1. The predicted molar refractivity (Wildman–Crippen MR) is 68.9 cm³/mol. The van der Waals surface area contributed by atoms with Gasteiger partial charge in [0.15, 0.2) is 0 Å². The summed E-state index contributed by atoms with van der Waals surface area (Å²) in [6.45, 7) is 2.27. The highest BCUT2D eigenvalue weighted by molar-refractivity contribution is 5.86. The number of aromatic nitrogens is 1. The maximum absolute atomic E-state index is 2.35. The Morgan fingerprint density at radius 3 is 2.56 bits per heavy atom. The van der Waals surface area contributed by atoms with Gasteiger partial charge in [-0.25, -0.2) is 0 Å². The van der Waals surface area contributed by atoms with E-state index in [4.69, 9.17) is 0 Å². The largest absolute Gasteiger partial charge is 0.348 e. The van der Waals surface area contributed by atoms with Crippen LogP contribution >= 0.6 is 0 Å². The number of hydrogen-bond acceptors (Lipinski definition) is 0. The number of aryl methyl sites for hydroxylation is 1. The second-order valence-corrected chi connectivity index (χ2v) is 5.06. The van der Waals surface area contributed by atoms with Gasteiger partial charge in [0, 0.05) is 23.6 Å². The van der Waals surface area contributed by atoms with Gasteiger partial charge >= 0.3 is 0 Å². The van der Waals surface area contributed by atoms with Gasteiger partial charge in [0.05, 0.1) is 0 Å². The van der Waals surface area contributed by atoms with E-state index in [9.17, 15) is 0 Å². The van der Waals surface area contributed by atoms with Crippen LogP contribution < -0.4 is 0 Å². The lowest BCUT2D eigenvalue weighted by Crippen LogP contribution is -1.96. The van der Waals surface area contributed by atoms with Crippen molar-refractivity contribution < 1.29 is 0 Å². The van der Waals surface area contributed by atoms with Crippen molar-refractivity contribution in [1.29, 1.82) is 0 Å². The zero-order valence-electron chi connectivity index (χ0n) is 10.2. The van der Waals surface area contributed by atoms with Crippen molar-refractivity contribution in [3.63, 3.8) is 0 Å². The maximum atomic E-state index is 2.35. The normalized spacial score (nSPS) is 17.4. The molecule has 1 fully saturated rings. The monoisotopic (exact) mass is 213 g/mol. The fourth-order valence-electron chi connectivity index (χ4n) is 3.28. The summed E-state index contributed by atoms with van der Waals surface area (Å²) in [5, 5.41) is 1.48. The molecule has 1 aliphatic rings. The Bertz CT molecular complexity index is 515. The third-order valence-electron chi connectivity index (χ3n) is 4.21. The number of rotatable bonds is 1. The second-order valence-electron chi connectivity index (χ2n) is 5.06. The molecule has 16 heavy (non-hydrogen) atoms. The van der Waals surface area contributed by atoms with Crippen LogP contribution in [0.3, 0.4) is 0 Å². The third-order valence-corrected chi connectivity index (χ3v) is 4.21. The van der Waals surface area contributed by atoms with E-state index in [2.05, 4.69) is 42.8 Å². The van der Waals surface area contributed by atoms with Gasteiger partial charge in [0.25, 0.3) is 0 Å². The summed E-state index contributed by atoms with van der Waals surface area (Å²) in [6, 6.07) is 8.83. The first-order chi connectivity index (χ1) is 7.79. The van der Waals surface area contributed by atoms with E-state index in [0.717, 1.165) is 5.92 Å². The smallest absolute Gasteiger partial charge is 0.0482 e. The Morgan fingerprint density at radius 1 is 1.12 bits per heavy atom. The van der Waals surface area contributed by atoms with Crippen molar-refractivity contribution in [2.75, 3.05) is 0 Å². The van der Waals surface area contributed by atoms with Gasteiger partial charge in [-0.15, -0.1) is 0 Å². The van der Waals surface area contributed by atoms with Crippen LogP contribution in [-0.2, 0) is 7.05 Å².